The van der Waals surface area contributed by atoms with Crippen LogP contribution in [0.2, 0.25) is 0 Å². The molecule has 0 spiro atoms. The standard InChI is InChI=1S/C23H20N2O5/c26-17-8-11-20(21(27)13-17)23(29)24-15-12-22(28)25(14-15)16-6-9-19(10-7-16)30-18-4-2-1-3-5-18/h1-11,13,15,26-27H,12,14H2,(H,24,29). The van der Waals surface area contributed by atoms with Crippen molar-refractivity contribution in [3.8, 4) is 23.0 Å². The molecule has 1 fully saturated rings. The molecule has 3 N–H and O–H groups in total. The van der Waals surface area contributed by atoms with E-state index in [9.17, 15) is 19.8 Å². The van der Waals surface area contributed by atoms with E-state index in [1.807, 2.05) is 30.3 Å². The second kappa shape index (κ2) is 8.16. The van der Waals surface area contributed by atoms with E-state index in [2.05, 4.69) is 5.32 Å². The first-order chi connectivity index (χ1) is 14.5. The number of nitrogens with zero attached hydrogens (tertiary/aromatic N) is 1. The Hall–Kier alpha value is -4.00. The van der Waals surface area contributed by atoms with Gasteiger partial charge in [-0.05, 0) is 48.5 Å². The van der Waals surface area contributed by atoms with Gasteiger partial charge in [0.15, 0.2) is 0 Å². The smallest absolute Gasteiger partial charge is 0.255 e. The van der Waals surface area contributed by atoms with Crippen molar-refractivity contribution in [3.63, 3.8) is 0 Å². The molecule has 7 heteroatoms. The average molecular weight is 404 g/mol. The van der Waals surface area contributed by atoms with Gasteiger partial charge in [0, 0.05) is 24.7 Å². The van der Waals surface area contributed by atoms with Crippen molar-refractivity contribution in [1.29, 1.82) is 0 Å². The average Bonchev–Trinajstić information content (AvgIpc) is 3.09. The Labute approximate surface area is 173 Å². The van der Waals surface area contributed by atoms with Crippen LogP contribution in [0.15, 0.2) is 72.8 Å². The number of hydrogen-bond acceptors (Lipinski definition) is 5. The molecule has 1 aliphatic heterocycles. The lowest BCUT2D eigenvalue weighted by molar-refractivity contribution is -0.117. The van der Waals surface area contributed by atoms with Gasteiger partial charge in [-0.1, -0.05) is 18.2 Å². The Kier molecular flexibility index (Phi) is 5.26. The molecule has 4 rings (SSSR count). The van der Waals surface area contributed by atoms with Crippen LogP contribution in [0, 0.1) is 0 Å². The summed E-state index contributed by atoms with van der Waals surface area (Å²) in [5, 5.41) is 22.0. The summed E-state index contributed by atoms with van der Waals surface area (Å²) in [6, 6.07) is 19.9. The van der Waals surface area contributed by atoms with Crippen LogP contribution in [0.25, 0.3) is 0 Å². The third-order valence-corrected chi connectivity index (χ3v) is 4.81. The highest BCUT2D eigenvalue weighted by atomic mass is 16.5. The molecule has 1 unspecified atom stereocenters. The number of ether oxygens (including phenoxy) is 1. The summed E-state index contributed by atoms with van der Waals surface area (Å²) in [7, 11) is 0. The van der Waals surface area contributed by atoms with E-state index >= 15 is 0 Å². The van der Waals surface area contributed by atoms with E-state index in [1.165, 1.54) is 12.1 Å². The fourth-order valence-corrected chi connectivity index (χ4v) is 3.35. The van der Waals surface area contributed by atoms with E-state index in [0.29, 0.717) is 18.0 Å². The molecule has 1 heterocycles. The number of phenols is 2. The molecule has 3 aromatic carbocycles. The maximum atomic E-state index is 12.5. The minimum atomic E-state index is -0.501. The number of carbonyl (C=O) groups excluding carboxylic acids is 2. The number of benzene rings is 3. The van der Waals surface area contributed by atoms with Crippen molar-refractivity contribution in [3.05, 3.63) is 78.4 Å². The molecule has 0 saturated carbocycles. The van der Waals surface area contributed by atoms with Gasteiger partial charge in [0.05, 0.1) is 11.6 Å². The lowest BCUT2D eigenvalue weighted by Gasteiger charge is -2.18. The molecule has 0 aliphatic carbocycles. The van der Waals surface area contributed by atoms with Crippen LogP contribution < -0.4 is 15.0 Å². The van der Waals surface area contributed by atoms with Crippen molar-refractivity contribution < 1.29 is 24.5 Å². The van der Waals surface area contributed by atoms with Gasteiger partial charge < -0.3 is 25.2 Å². The minimum Gasteiger partial charge on any atom is -0.508 e. The second-order valence-corrected chi connectivity index (χ2v) is 6.99. The molecular formula is C23H20N2O5. The zero-order valence-corrected chi connectivity index (χ0v) is 16.0. The number of rotatable bonds is 5. The molecule has 1 saturated heterocycles. The number of carbonyl (C=O) groups is 2. The maximum absolute atomic E-state index is 12.5. The summed E-state index contributed by atoms with van der Waals surface area (Å²) in [5.74, 6) is 0.325. The number of hydrogen-bond donors (Lipinski definition) is 3. The predicted octanol–water partition coefficient (Wildman–Crippen LogP) is 3.43. The first kappa shape index (κ1) is 19.3. The lowest BCUT2D eigenvalue weighted by Crippen LogP contribution is -2.37. The topological polar surface area (TPSA) is 99.1 Å². The monoisotopic (exact) mass is 404 g/mol. The molecule has 30 heavy (non-hydrogen) atoms. The first-order valence-corrected chi connectivity index (χ1v) is 9.46. The molecule has 3 aromatic rings. The maximum Gasteiger partial charge on any atom is 0.255 e. The van der Waals surface area contributed by atoms with Crippen LogP contribution in [0.4, 0.5) is 5.69 Å². The summed E-state index contributed by atoms with van der Waals surface area (Å²) >= 11 is 0. The zero-order valence-electron chi connectivity index (χ0n) is 16.0. The molecule has 0 bridgehead atoms. The molecule has 0 aromatic heterocycles. The van der Waals surface area contributed by atoms with Gasteiger partial charge in [-0.15, -0.1) is 0 Å². The number of para-hydroxylation sites is 1. The van der Waals surface area contributed by atoms with Crippen molar-refractivity contribution in [2.45, 2.75) is 12.5 Å². The van der Waals surface area contributed by atoms with E-state index in [4.69, 9.17) is 4.74 Å². The summed E-state index contributed by atoms with van der Waals surface area (Å²) in [6.07, 6.45) is 0.160. The number of nitrogens with one attached hydrogen (secondary N) is 1. The third kappa shape index (κ3) is 4.20. The van der Waals surface area contributed by atoms with E-state index in [1.54, 1.807) is 29.2 Å². The van der Waals surface area contributed by atoms with Gasteiger partial charge in [0.1, 0.15) is 23.0 Å². The van der Waals surface area contributed by atoms with E-state index in [-0.39, 0.29) is 29.4 Å². The van der Waals surface area contributed by atoms with Gasteiger partial charge in [0.25, 0.3) is 5.91 Å². The predicted molar refractivity (Wildman–Crippen MR) is 111 cm³/mol. The van der Waals surface area contributed by atoms with Crippen molar-refractivity contribution in [2.75, 3.05) is 11.4 Å². The van der Waals surface area contributed by atoms with Crippen LogP contribution in [-0.2, 0) is 4.79 Å². The van der Waals surface area contributed by atoms with Crippen LogP contribution >= 0.6 is 0 Å². The Morgan fingerprint density at radius 2 is 1.67 bits per heavy atom. The molecular weight excluding hydrogens is 384 g/mol. The largest absolute Gasteiger partial charge is 0.508 e. The Morgan fingerprint density at radius 1 is 0.967 bits per heavy atom. The SMILES string of the molecule is O=C(NC1CC(=O)N(c2ccc(Oc3ccccc3)cc2)C1)c1ccc(O)cc1O. The Morgan fingerprint density at radius 3 is 2.37 bits per heavy atom. The van der Waals surface area contributed by atoms with Crippen LogP contribution in [0.3, 0.4) is 0 Å². The zero-order chi connectivity index (χ0) is 21.1. The third-order valence-electron chi connectivity index (χ3n) is 4.81. The fourth-order valence-electron chi connectivity index (χ4n) is 3.35. The van der Waals surface area contributed by atoms with Crippen LogP contribution in [-0.4, -0.2) is 34.6 Å². The molecule has 2 amide bonds. The Bertz CT molecular complexity index is 1070. The van der Waals surface area contributed by atoms with Gasteiger partial charge in [-0.25, -0.2) is 0 Å². The lowest BCUT2D eigenvalue weighted by atomic mass is 10.1. The van der Waals surface area contributed by atoms with Crippen molar-refractivity contribution in [1.82, 2.24) is 5.32 Å². The van der Waals surface area contributed by atoms with Crippen molar-refractivity contribution in [2.24, 2.45) is 0 Å². The fraction of sp³-hybridized carbons (Fsp3) is 0.130. The summed E-state index contributed by atoms with van der Waals surface area (Å²) < 4.78 is 5.76. The summed E-state index contributed by atoms with van der Waals surface area (Å²) in [6.45, 7) is 0.322. The molecule has 1 aliphatic rings. The summed E-state index contributed by atoms with van der Waals surface area (Å²) in [4.78, 5) is 26.5. The quantitative estimate of drug-likeness (QED) is 0.605. The molecule has 1 atom stereocenters. The summed E-state index contributed by atoms with van der Waals surface area (Å²) in [5.41, 5.74) is 0.755. The van der Waals surface area contributed by atoms with Gasteiger partial charge in [-0.3, -0.25) is 9.59 Å². The second-order valence-electron chi connectivity index (χ2n) is 6.99. The first-order valence-electron chi connectivity index (χ1n) is 9.46. The highest BCUT2D eigenvalue weighted by Crippen LogP contribution is 2.27. The molecule has 0 radical (unpaired) electrons. The number of phenolic OH excluding ortho intramolecular Hbond substituents is 2. The normalized spacial score (nSPS) is 15.8. The van der Waals surface area contributed by atoms with Crippen LogP contribution in [0.1, 0.15) is 16.8 Å². The number of amides is 2. The Balaban J connectivity index is 1.40. The number of anilines is 1. The highest BCUT2D eigenvalue weighted by molar-refractivity contribution is 6.00. The van der Waals surface area contributed by atoms with E-state index < -0.39 is 11.9 Å². The van der Waals surface area contributed by atoms with Gasteiger partial charge in [-0.2, -0.15) is 0 Å². The van der Waals surface area contributed by atoms with Gasteiger partial charge in [0.2, 0.25) is 5.91 Å². The molecule has 7 nitrogen and oxygen atoms in total. The minimum absolute atomic E-state index is 0.0427. The van der Waals surface area contributed by atoms with E-state index in [0.717, 1.165) is 11.8 Å². The van der Waals surface area contributed by atoms with Crippen molar-refractivity contribution >= 4 is 17.5 Å². The number of aromatic hydroxyl groups is 2. The van der Waals surface area contributed by atoms with Gasteiger partial charge >= 0.3 is 0 Å². The highest BCUT2D eigenvalue weighted by Gasteiger charge is 2.32. The molecule has 152 valence electrons. The van der Waals surface area contributed by atoms with Crippen LogP contribution in [0.5, 0.6) is 23.0 Å².